The van der Waals surface area contributed by atoms with Gasteiger partial charge in [-0.2, -0.15) is 0 Å². The molecule has 0 aromatic carbocycles. The highest BCUT2D eigenvalue weighted by atomic mass is 32.1. The first-order valence-electron chi connectivity index (χ1n) is 7.19. The maximum absolute atomic E-state index is 12.5. The summed E-state index contributed by atoms with van der Waals surface area (Å²) in [6, 6.07) is 2.12. The van der Waals surface area contributed by atoms with Gasteiger partial charge in [0.25, 0.3) is 5.91 Å². The van der Waals surface area contributed by atoms with Crippen LogP contribution in [0.2, 0.25) is 0 Å². The largest absolute Gasteiger partial charge is 0.397 e. The van der Waals surface area contributed by atoms with E-state index in [0.717, 1.165) is 41.7 Å². The number of nitrogen functional groups attached to an aromatic ring is 1. The van der Waals surface area contributed by atoms with Crippen LogP contribution in [0.1, 0.15) is 28.1 Å². The fourth-order valence-electron chi connectivity index (χ4n) is 2.91. The molecule has 1 amide bonds. The highest BCUT2D eigenvalue weighted by molar-refractivity contribution is 7.21. The molecule has 3 N–H and O–H groups in total. The van der Waals surface area contributed by atoms with E-state index in [1.165, 1.54) is 11.3 Å². The van der Waals surface area contributed by atoms with E-state index in [1.54, 1.807) is 6.20 Å². The van der Waals surface area contributed by atoms with E-state index in [2.05, 4.69) is 22.2 Å². The highest BCUT2D eigenvalue weighted by Gasteiger charge is 2.23. The van der Waals surface area contributed by atoms with Crippen molar-refractivity contribution >= 4 is 33.1 Å². The maximum Gasteiger partial charge on any atom is 0.263 e. The molecular formula is C15H20N4OS. The quantitative estimate of drug-likeness (QED) is 0.890. The van der Waals surface area contributed by atoms with Crippen molar-refractivity contribution in [2.24, 2.45) is 0 Å². The van der Waals surface area contributed by atoms with Crippen LogP contribution in [0, 0.1) is 6.92 Å². The van der Waals surface area contributed by atoms with Crippen LogP contribution in [0.5, 0.6) is 0 Å². The molecule has 2 aromatic rings. The Morgan fingerprint density at radius 3 is 3.10 bits per heavy atom. The topological polar surface area (TPSA) is 71.2 Å². The number of rotatable bonds is 2. The van der Waals surface area contributed by atoms with Crippen molar-refractivity contribution in [2.45, 2.75) is 25.8 Å². The molecule has 1 unspecified atom stereocenters. The zero-order valence-electron chi connectivity index (χ0n) is 12.3. The first-order valence-corrected chi connectivity index (χ1v) is 8.01. The zero-order chi connectivity index (χ0) is 15.0. The monoisotopic (exact) mass is 304 g/mol. The van der Waals surface area contributed by atoms with E-state index in [1.807, 2.05) is 13.0 Å². The smallest absolute Gasteiger partial charge is 0.263 e. The predicted molar refractivity (Wildman–Crippen MR) is 86.8 cm³/mol. The van der Waals surface area contributed by atoms with Gasteiger partial charge in [0.15, 0.2) is 0 Å². The van der Waals surface area contributed by atoms with Gasteiger partial charge in [0, 0.05) is 24.2 Å². The molecule has 0 aliphatic carbocycles. The van der Waals surface area contributed by atoms with Gasteiger partial charge in [-0.05, 0) is 45.0 Å². The van der Waals surface area contributed by atoms with E-state index >= 15 is 0 Å². The average Bonchev–Trinajstić information content (AvgIpc) is 2.77. The van der Waals surface area contributed by atoms with E-state index in [9.17, 15) is 4.79 Å². The third kappa shape index (κ3) is 2.73. The Labute approximate surface area is 128 Å². The van der Waals surface area contributed by atoms with Gasteiger partial charge in [0.1, 0.15) is 9.71 Å². The first kappa shape index (κ1) is 14.3. The summed E-state index contributed by atoms with van der Waals surface area (Å²) in [6.07, 6.45) is 3.90. The fraction of sp³-hybridized carbons (Fsp3) is 0.467. The van der Waals surface area contributed by atoms with Crippen molar-refractivity contribution in [2.75, 3.05) is 25.9 Å². The number of likely N-dealkylation sites (N-methyl/N-ethyl adjacent to an activating group) is 1. The molecule has 1 aliphatic rings. The molecule has 3 heterocycles. The minimum atomic E-state index is -0.0739. The third-order valence-electron chi connectivity index (χ3n) is 4.00. The number of piperidine rings is 1. The number of hydrogen-bond acceptors (Lipinski definition) is 5. The summed E-state index contributed by atoms with van der Waals surface area (Å²) >= 11 is 1.37. The number of nitrogens with two attached hydrogens (primary N) is 1. The van der Waals surface area contributed by atoms with Gasteiger partial charge in [-0.1, -0.05) is 0 Å². The second kappa shape index (κ2) is 5.61. The molecule has 5 nitrogen and oxygen atoms in total. The Hall–Kier alpha value is -1.66. The number of carbonyl (C=O) groups excluding carboxylic acids is 1. The Kier molecular flexibility index (Phi) is 3.82. The van der Waals surface area contributed by atoms with Crippen LogP contribution >= 0.6 is 11.3 Å². The van der Waals surface area contributed by atoms with Gasteiger partial charge in [0.2, 0.25) is 0 Å². The second-order valence-corrected chi connectivity index (χ2v) is 6.73. The summed E-state index contributed by atoms with van der Waals surface area (Å²) in [6.45, 7) is 3.99. The Balaban J connectivity index is 1.85. The van der Waals surface area contributed by atoms with E-state index in [4.69, 9.17) is 5.73 Å². The van der Waals surface area contributed by atoms with Crippen LogP contribution in [0.4, 0.5) is 5.69 Å². The van der Waals surface area contributed by atoms with Crippen LogP contribution in [-0.4, -0.2) is 42.0 Å². The molecule has 112 valence electrons. The van der Waals surface area contributed by atoms with Crippen molar-refractivity contribution in [3.63, 3.8) is 0 Å². The molecule has 1 fully saturated rings. The molecule has 3 rings (SSSR count). The second-order valence-electron chi connectivity index (χ2n) is 5.73. The summed E-state index contributed by atoms with van der Waals surface area (Å²) in [5.74, 6) is -0.0739. The van der Waals surface area contributed by atoms with Crippen LogP contribution in [0.3, 0.4) is 0 Å². The van der Waals surface area contributed by atoms with Crippen molar-refractivity contribution in [3.05, 3.63) is 22.7 Å². The van der Waals surface area contributed by atoms with Crippen LogP contribution in [0.25, 0.3) is 10.2 Å². The number of amides is 1. The van der Waals surface area contributed by atoms with Gasteiger partial charge in [-0.25, -0.2) is 4.98 Å². The van der Waals surface area contributed by atoms with Gasteiger partial charge in [-0.3, -0.25) is 4.79 Å². The van der Waals surface area contributed by atoms with Gasteiger partial charge < -0.3 is 16.0 Å². The lowest BCUT2D eigenvalue weighted by Gasteiger charge is -2.30. The summed E-state index contributed by atoms with van der Waals surface area (Å²) in [5.41, 5.74) is 7.79. The number of thiophene rings is 1. The fourth-order valence-corrected chi connectivity index (χ4v) is 3.95. The standard InChI is InChI=1S/C15H20N4OS/c1-9-5-6-17-15-11(9)12(16)13(21-15)14(20)18-10-4-3-7-19(2)8-10/h5-6,10H,3-4,7-8,16H2,1-2H3,(H,18,20). The summed E-state index contributed by atoms with van der Waals surface area (Å²) in [7, 11) is 2.08. The molecule has 2 aromatic heterocycles. The number of fused-ring (bicyclic) bond motifs is 1. The summed E-state index contributed by atoms with van der Waals surface area (Å²) in [5, 5.41) is 4.02. The predicted octanol–water partition coefficient (Wildman–Crippen LogP) is 2.01. The Morgan fingerprint density at radius 1 is 1.57 bits per heavy atom. The molecule has 0 radical (unpaired) electrons. The lowest BCUT2D eigenvalue weighted by atomic mass is 10.1. The van der Waals surface area contributed by atoms with Crippen LogP contribution in [0.15, 0.2) is 12.3 Å². The SMILES string of the molecule is Cc1ccnc2sc(C(=O)NC3CCCN(C)C3)c(N)c12. The number of anilines is 1. The number of hydrogen-bond donors (Lipinski definition) is 2. The minimum absolute atomic E-state index is 0.0739. The van der Waals surface area contributed by atoms with Crippen LogP contribution in [-0.2, 0) is 0 Å². The van der Waals surface area contributed by atoms with Crippen molar-refractivity contribution in [1.29, 1.82) is 0 Å². The molecule has 1 saturated heterocycles. The molecule has 0 saturated carbocycles. The number of aromatic nitrogens is 1. The molecule has 6 heteroatoms. The molecule has 0 bridgehead atoms. The molecule has 1 atom stereocenters. The zero-order valence-corrected chi connectivity index (χ0v) is 13.2. The highest BCUT2D eigenvalue weighted by Crippen LogP contribution is 2.34. The Bertz CT molecular complexity index is 682. The van der Waals surface area contributed by atoms with Crippen molar-refractivity contribution in [3.8, 4) is 0 Å². The maximum atomic E-state index is 12.5. The first-order chi connectivity index (χ1) is 10.1. The van der Waals surface area contributed by atoms with Gasteiger partial charge in [0.05, 0.1) is 5.69 Å². The van der Waals surface area contributed by atoms with E-state index in [0.29, 0.717) is 10.6 Å². The normalized spacial score (nSPS) is 19.8. The molecule has 0 spiro atoms. The van der Waals surface area contributed by atoms with Crippen molar-refractivity contribution < 1.29 is 4.79 Å². The average molecular weight is 304 g/mol. The van der Waals surface area contributed by atoms with Crippen LogP contribution < -0.4 is 11.1 Å². The lowest BCUT2D eigenvalue weighted by molar-refractivity contribution is 0.0917. The molecular weight excluding hydrogens is 284 g/mol. The minimum Gasteiger partial charge on any atom is -0.397 e. The summed E-state index contributed by atoms with van der Waals surface area (Å²) in [4.78, 5) is 20.5. The third-order valence-corrected chi connectivity index (χ3v) is 5.12. The lowest BCUT2D eigenvalue weighted by Crippen LogP contribution is -2.46. The summed E-state index contributed by atoms with van der Waals surface area (Å²) < 4.78 is 0. The van der Waals surface area contributed by atoms with Gasteiger partial charge in [-0.15, -0.1) is 11.3 Å². The van der Waals surface area contributed by atoms with E-state index < -0.39 is 0 Å². The number of pyridine rings is 1. The Morgan fingerprint density at radius 2 is 2.38 bits per heavy atom. The number of nitrogens with one attached hydrogen (secondary N) is 1. The number of aryl methyl sites for hydroxylation is 1. The molecule has 21 heavy (non-hydrogen) atoms. The molecule has 1 aliphatic heterocycles. The number of carbonyl (C=O) groups is 1. The number of likely N-dealkylation sites (tertiary alicyclic amines) is 1. The van der Waals surface area contributed by atoms with Gasteiger partial charge >= 0.3 is 0 Å². The van der Waals surface area contributed by atoms with E-state index in [-0.39, 0.29) is 11.9 Å². The number of nitrogens with zero attached hydrogens (tertiary/aromatic N) is 2. The van der Waals surface area contributed by atoms with Crippen molar-refractivity contribution in [1.82, 2.24) is 15.2 Å².